The summed E-state index contributed by atoms with van der Waals surface area (Å²) in [5.41, 5.74) is 0. The van der Waals surface area contributed by atoms with Gasteiger partial charge in [-0.25, -0.2) is 0 Å². The molecule has 1 amide bonds. The van der Waals surface area contributed by atoms with Gasteiger partial charge >= 0.3 is 0 Å². The van der Waals surface area contributed by atoms with Crippen LogP contribution in [-0.2, 0) is 19.1 Å². The van der Waals surface area contributed by atoms with Gasteiger partial charge in [-0.05, 0) is 18.9 Å². The van der Waals surface area contributed by atoms with Crippen LogP contribution < -0.4 is 0 Å². The van der Waals surface area contributed by atoms with Crippen LogP contribution in [0, 0.1) is 0 Å². The Kier molecular flexibility index (Phi) is 3.87. The molecule has 0 spiro atoms. The summed E-state index contributed by atoms with van der Waals surface area (Å²) in [7, 11) is -3.44. The van der Waals surface area contributed by atoms with Crippen molar-refractivity contribution in [3.63, 3.8) is 0 Å². The number of nitrogens with zero attached hydrogens (tertiary/aromatic N) is 1. The molecule has 0 bridgehead atoms. The van der Waals surface area contributed by atoms with E-state index in [0.29, 0.717) is 19.5 Å². The molecular formula is C9H15NO4S. The van der Waals surface area contributed by atoms with Gasteiger partial charge in [0.2, 0.25) is 5.91 Å². The van der Waals surface area contributed by atoms with Crippen molar-refractivity contribution in [2.24, 2.45) is 0 Å². The van der Waals surface area contributed by atoms with Crippen LogP contribution in [0.2, 0.25) is 0 Å². The number of hydrogen-bond acceptors (Lipinski definition) is 4. The molecule has 0 unspecified atom stereocenters. The quantitative estimate of drug-likeness (QED) is 0.514. The van der Waals surface area contributed by atoms with E-state index in [2.05, 4.69) is 6.58 Å². The maximum Gasteiger partial charge on any atom is 0.264 e. The van der Waals surface area contributed by atoms with Gasteiger partial charge in [-0.15, -0.1) is 0 Å². The summed E-state index contributed by atoms with van der Waals surface area (Å²) < 4.78 is 26.6. The standard InChI is InChI=1S/C9H15NO4S/c1-3-9(11)10-6-4-5-8(7-10)14-15(2,12)13/h3,8H,1,4-7H2,2H3/t8-/m0/s1. The minimum absolute atomic E-state index is 0.184. The maximum atomic E-state index is 11.3. The molecule has 15 heavy (non-hydrogen) atoms. The zero-order valence-electron chi connectivity index (χ0n) is 8.68. The summed E-state index contributed by atoms with van der Waals surface area (Å²) in [6.07, 6.45) is 3.23. The van der Waals surface area contributed by atoms with E-state index in [4.69, 9.17) is 4.18 Å². The molecule has 0 radical (unpaired) electrons. The van der Waals surface area contributed by atoms with Gasteiger partial charge in [0.05, 0.1) is 12.4 Å². The van der Waals surface area contributed by atoms with E-state index in [1.54, 1.807) is 4.90 Å². The van der Waals surface area contributed by atoms with E-state index >= 15 is 0 Å². The van der Waals surface area contributed by atoms with Crippen LogP contribution in [0.25, 0.3) is 0 Å². The van der Waals surface area contributed by atoms with Crippen molar-refractivity contribution in [1.82, 2.24) is 4.90 Å². The molecule has 86 valence electrons. The number of amides is 1. The number of carbonyl (C=O) groups excluding carboxylic acids is 1. The maximum absolute atomic E-state index is 11.3. The van der Waals surface area contributed by atoms with Gasteiger partial charge in [0.25, 0.3) is 10.1 Å². The highest BCUT2D eigenvalue weighted by molar-refractivity contribution is 7.86. The summed E-state index contributed by atoms with van der Waals surface area (Å²) in [5, 5.41) is 0. The molecular weight excluding hydrogens is 218 g/mol. The Balaban J connectivity index is 2.56. The first-order valence-corrected chi connectivity index (χ1v) is 6.53. The number of carbonyl (C=O) groups is 1. The van der Waals surface area contributed by atoms with E-state index < -0.39 is 16.2 Å². The molecule has 0 aromatic heterocycles. The fraction of sp³-hybridized carbons (Fsp3) is 0.667. The van der Waals surface area contributed by atoms with Gasteiger partial charge in [0.15, 0.2) is 0 Å². The van der Waals surface area contributed by atoms with Crippen LogP contribution in [0.3, 0.4) is 0 Å². The van der Waals surface area contributed by atoms with E-state index in [-0.39, 0.29) is 5.91 Å². The van der Waals surface area contributed by atoms with Gasteiger partial charge in [0.1, 0.15) is 0 Å². The lowest BCUT2D eigenvalue weighted by Gasteiger charge is -2.31. The van der Waals surface area contributed by atoms with Crippen molar-refractivity contribution < 1.29 is 17.4 Å². The molecule has 1 atom stereocenters. The fourth-order valence-electron chi connectivity index (χ4n) is 1.59. The van der Waals surface area contributed by atoms with Gasteiger partial charge in [-0.3, -0.25) is 8.98 Å². The second-order valence-electron chi connectivity index (χ2n) is 3.55. The molecule has 0 N–H and O–H groups in total. The Labute approximate surface area is 89.8 Å². The second kappa shape index (κ2) is 4.76. The third-order valence-electron chi connectivity index (χ3n) is 2.18. The van der Waals surface area contributed by atoms with E-state index in [9.17, 15) is 13.2 Å². The summed E-state index contributed by atoms with van der Waals surface area (Å²) in [4.78, 5) is 12.8. The molecule has 1 saturated heterocycles. The van der Waals surface area contributed by atoms with Gasteiger partial charge in [-0.1, -0.05) is 6.58 Å². The Bertz CT molecular complexity index is 349. The molecule has 5 nitrogen and oxygen atoms in total. The van der Waals surface area contributed by atoms with Crippen molar-refractivity contribution in [2.45, 2.75) is 18.9 Å². The lowest BCUT2D eigenvalue weighted by molar-refractivity contribution is -0.128. The average molecular weight is 233 g/mol. The summed E-state index contributed by atoms with van der Waals surface area (Å²) >= 11 is 0. The fourth-order valence-corrected chi connectivity index (χ4v) is 2.24. The Hall–Kier alpha value is -0.880. The van der Waals surface area contributed by atoms with Crippen molar-refractivity contribution >= 4 is 16.0 Å². The Morgan fingerprint density at radius 3 is 2.80 bits per heavy atom. The smallest absolute Gasteiger partial charge is 0.264 e. The summed E-state index contributed by atoms with van der Waals surface area (Å²) in [6, 6.07) is 0. The van der Waals surface area contributed by atoms with Crippen molar-refractivity contribution in [1.29, 1.82) is 0 Å². The number of hydrogen-bond donors (Lipinski definition) is 0. The third-order valence-corrected chi connectivity index (χ3v) is 2.80. The lowest BCUT2D eigenvalue weighted by Crippen LogP contribution is -2.43. The average Bonchev–Trinajstić information content (AvgIpc) is 2.14. The predicted molar refractivity (Wildman–Crippen MR) is 55.7 cm³/mol. The first-order valence-electron chi connectivity index (χ1n) is 4.72. The topological polar surface area (TPSA) is 63.7 Å². The van der Waals surface area contributed by atoms with Crippen LogP contribution in [-0.4, -0.2) is 44.7 Å². The van der Waals surface area contributed by atoms with Gasteiger partial charge in [0, 0.05) is 13.1 Å². The highest BCUT2D eigenvalue weighted by Gasteiger charge is 2.25. The van der Waals surface area contributed by atoms with Crippen molar-refractivity contribution in [2.75, 3.05) is 19.3 Å². The number of piperidine rings is 1. The van der Waals surface area contributed by atoms with Crippen LogP contribution in [0.4, 0.5) is 0 Å². The summed E-state index contributed by atoms with van der Waals surface area (Å²) in [5.74, 6) is -0.184. The second-order valence-corrected chi connectivity index (χ2v) is 5.15. The molecule has 0 saturated carbocycles. The zero-order chi connectivity index (χ0) is 11.5. The number of rotatable bonds is 3. The highest BCUT2D eigenvalue weighted by atomic mass is 32.2. The molecule has 1 aliphatic rings. The van der Waals surface area contributed by atoms with Gasteiger partial charge < -0.3 is 4.90 Å². The van der Waals surface area contributed by atoms with Crippen LogP contribution >= 0.6 is 0 Å². The minimum atomic E-state index is -3.44. The highest BCUT2D eigenvalue weighted by Crippen LogP contribution is 2.15. The lowest BCUT2D eigenvalue weighted by atomic mass is 10.1. The van der Waals surface area contributed by atoms with Crippen molar-refractivity contribution in [3.05, 3.63) is 12.7 Å². The molecule has 0 aromatic carbocycles. The molecule has 1 fully saturated rings. The molecule has 0 aromatic rings. The van der Waals surface area contributed by atoms with E-state index in [0.717, 1.165) is 12.7 Å². The SMILES string of the molecule is C=CC(=O)N1CCC[C@H](OS(C)(=O)=O)C1. The van der Waals surface area contributed by atoms with Gasteiger partial charge in [-0.2, -0.15) is 8.42 Å². The molecule has 0 aliphatic carbocycles. The van der Waals surface area contributed by atoms with Crippen LogP contribution in [0.1, 0.15) is 12.8 Å². The zero-order valence-corrected chi connectivity index (χ0v) is 9.50. The van der Waals surface area contributed by atoms with E-state index in [1.807, 2.05) is 0 Å². The Morgan fingerprint density at radius 2 is 2.27 bits per heavy atom. The first-order chi connectivity index (χ1) is 6.92. The number of likely N-dealkylation sites (tertiary alicyclic amines) is 1. The van der Waals surface area contributed by atoms with Crippen molar-refractivity contribution in [3.8, 4) is 0 Å². The van der Waals surface area contributed by atoms with Crippen LogP contribution in [0.15, 0.2) is 12.7 Å². The normalized spacial score (nSPS) is 22.5. The predicted octanol–water partition coefficient (Wildman–Crippen LogP) is 0.140. The van der Waals surface area contributed by atoms with Crippen LogP contribution in [0.5, 0.6) is 0 Å². The summed E-state index contributed by atoms with van der Waals surface area (Å²) in [6.45, 7) is 4.34. The molecule has 1 rings (SSSR count). The first kappa shape index (κ1) is 12.2. The Morgan fingerprint density at radius 1 is 1.60 bits per heavy atom. The molecule has 1 aliphatic heterocycles. The van der Waals surface area contributed by atoms with E-state index in [1.165, 1.54) is 6.08 Å². The minimum Gasteiger partial charge on any atom is -0.337 e. The molecule has 6 heteroatoms. The third kappa shape index (κ3) is 4.01. The molecule has 1 heterocycles. The largest absolute Gasteiger partial charge is 0.337 e. The monoisotopic (exact) mass is 233 g/mol.